The number of aryl methyl sites for hydroxylation is 1. The number of urea groups is 1. The Balaban J connectivity index is 0.000000300. The number of aromatic nitrogens is 1. The number of halogens is 5. The third-order valence-electron chi connectivity index (χ3n) is 7.11. The van der Waals surface area contributed by atoms with E-state index in [1.807, 2.05) is 0 Å². The maximum atomic E-state index is 12.5. The molecule has 0 unspecified atom stereocenters. The molecule has 0 aliphatic heterocycles. The molecular formula is C36H36Cl5N5O9. The summed E-state index contributed by atoms with van der Waals surface area (Å²) in [5, 5.41) is 27.5. The van der Waals surface area contributed by atoms with E-state index in [2.05, 4.69) is 20.7 Å². The Labute approximate surface area is 341 Å². The topological polar surface area (TPSA) is 197 Å². The molecule has 0 aliphatic carbocycles. The number of nitroso groups, excluding NO2 is 1. The smallest absolute Gasteiger partial charge is 0.341 e. The molecule has 0 fully saturated rings. The Morgan fingerprint density at radius 1 is 0.855 bits per heavy atom. The molecule has 4 N–H and O–H groups in total. The van der Waals surface area contributed by atoms with Gasteiger partial charge in [0.1, 0.15) is 0 Å². The van der Waals surface area contributed by atoms with Crippen LogP contribution >= 0.6 is 58.0 Å². The number of ether oxygens (including phenoxy) is 1. The van der Waals surface area contributed by atoms with Crippen LogP contribution < -0.4 is 10.6 Å². The number of alkyl halides is 2. The van der Waals surface area contributed by atoms with Crippen molar-refractivity contribution in [3.8, 4) is 0 Å². The van der Waals surface area contributed by atoms with Crippen LogP contribution in [-0.4, -0.2) is 81.0 Å². The zero-order valence-corrected chi connectivity index (χ0v) is 33.1. The minimum Gasteiger partial charge on any atom is -0.481 e. The first-order chi connectivity index (χ1) is 26.1. The molecule has 0 saturated heterocycles. The summed E-state index contributed by atoms with van der Waals surface area (Å²) in [6.07, 6.45) is -0.177. The molecule has 0 atom stereocenters. The van der Waals surface area contributed by atoms with Gasteiger partial charge in [0.25, 0.3) is 0 Å². The minimum atomic E-state index is -1.20. The molecule has 1 heterocycles. The Hall–Kier alpha value is -4.86. The van der Waals surface area contributed by atoms with Gasteiger partial charge in [0.15, 0.2) is 6.61 Å². The van der Waals surface area contributed by atoms with E-state index < -0.39 is 30.5 Å². The van der Waals surface area contributed by atoms with Gasteiger partial charge in [-0.25, -0.2) is 9.59 Å². The number of carbonyl (C=O) groups excluding carboxylic acids is 3. The van der Waals surface area contributed by atoms with E-state index in [9.17, 15) is 28.9 Å². The second-order valence-corrected chi connectivity index (χ2v) is 13.1. The van der Waals surface area contributed by atoms with Gasteiger partial charge in [0, 0.05) is 47.3 Å². The van der Waals surface area contributed by atoms with Crippen LogP contribution in [0.3, 0.4) is 0 Å². The zero-order chi connectivity index (χ0) is 41.1. The number of carboxylic acid groups (broad SMARTS) is 2. The monoisotopic (exact) mass is 857 g/mol. The Bertz CT molecular complexity index is 1940. The van der Waals surface area contributed by atoms with Crippen LogP contribution in [0.15, 0.2) is 78.1 Å². The highest BCUT2D eigenvalue weighted by Crippen LogP contribution is 2.33. The predicted molar refractivity (Wildman–Crippen MR) is 212 cm³/mol. The number of hydrogen-bond donors (Lipinski definition) is 4. The van der Waals surface area contributed by atoms with E-state index in [-0.39, 0.29) is 31.0 Å². The molecule has 4 rings (SSSR count). The molecule has 0 saturated carbocycles. The van der Waals surface area contributed by atoms with Gasteiger partial charge in [-0.05, 0) is 66.6 Å². The van der Waals surface area contributed by atoms with Gasteiger partial charge in [-0.3, -0.25) is 14.4 Å². The van der Waals surface area contributed by atoms with Crippen LogP contribution in [0.4, 0.5) is 16.2 Å². The maximum absolute atomic E-state index is 12.5. The second kappa shape index (κ2) is 23.8. The number of amides is 2. The van der Waals surface area contributed by atoms with E-state index in [1.54, 1.807) is 91.3 Å². The van der Waals surface area contributed by atoms with Crippen molar-refractivity contribution in [3.63, 3.8) is 0 Å². The van der Waals surface area contributed by atoms with Crippen LogP contribution in [0.1, 0.15) is 32.9 Å². The summed E-state index contributed by atoms with van der Waals surface area (Å²) >= 11 is 28.7. The van der Waals surface area contributed by atoms with E-state index >= 15 is 0 Å². The molecule has 1 aromatic heterocycles. The number of benzene rings is 3. The largest absolute Gasteiger partial charge is 0.481 e. The fourth-order valence-corrected chi connectivity index (χ4v) is 5.49. The van der Waals surface area contributed by atoms with Crippen molar-refractivity contribution in [2.24, 2.45) is 12.3 Å². The van der Waals surface area contributed by atoms with Crippen molar-refractivity contribution in [2.45, 2.75) is 19.8 Å². The fraction of sp³-hybridized carbons (Fsp3) is 0.250. The van der Waals surface area contributed by atoms with Gasteiger partial charge in [0.05, 0.1) is 46.1 Å². The highest BCUT2D eigenvalue weighted by atomic mass is 35.5. The van der Waals surface area contributed by atoms with Crippen LogP contribution in [0, 0.1) is 11.8 Å². The summed E-state index contributed by atoms with van der Waals surface area (Å²) in [6.45, 7) is 1.53. The highest BCUT2D eigenvalue weighted by molar-refractivity contribution is 6.39. The third-order valence-corrected chi connectivity index (χ3v) is 8.35. The molecule has 55 heavy (non-hydrogen) atoms. The van der Waals surface area contributed by atoms with Gasteiger partial charge in [-0.15, -0.1) is 28.1 Å². The van der Waals surface area contributed by atoms with Gasteiger partial charge < -0.3 is 30.2 Å². The lowest BCUT2D eigenvalue weighted by atomic mass is 10.1. The van der Waals surface area contributed by atoms with E-state index in [1.165, 1.54) is 0 Å². The minimum absolute atomic E-state index is 0.0709. The number of rotatable bonds is 15. The first kappa shape index (κ1) is 46.3. The first-order valence-electron chi connectivity index (χ1n) is 16.0. The fourth-order valence-electron chi connectivity index (χ4n) is 4.62. The molecule has 0 spiro atoms. The molecule has 3 aromatic carbocycles. The lowest BCUT2D eigenvalue weighted by Gasteiger charge is -2.14. The van der Waals surface area contributed by atoms with Crippen LogP contribution in [0.25, 0.3) is 0 Å². The van der Waals surface area contributed by atoms with E-state index in [4.69, 9.17) is 68.2 Å². The van der Waals surface area contributed by atoms with Gasteiger partial charge in [-0.2, -0.15) is 5.01 Å². The van der Waals surface area contributed by atoms with Crippen LogP contribution in [0.2, 0.25) is 15.1 Å². The summed E-state index contributed by atoms with van der Waals surface area (Å²) in [5.74, 6) is -2.44. The first-order valence-corrected chi connectivity index (χ1v) is 18.2. The normalized spacial score (nSPS) is 10.1. The number of carbonyl (C=O) groups is 5. The molecule has 2 amide bonds. The van der Waals surface area contributed by atoms with Gasteiger partial charge in [0.2, 0.25) is 5.78 Å². The quantitative estimate of drug-likeness (QED) is 0.0300. The van der Waals surface area contributed by atoms with Crippen molar-refractivity contribution in [1.82, 2.24) is 14.9 Å². The van der Waals surface area contributed by atoms with Crippen molar-refractivity contribution < 1.29 is 38.9 Å². The summed E-state index contributed by atoms with van der Waals surface area (Å²) in [5.41, 5.74) is 4.20. The standard InChI is InChI=1S/C16H13Cl2NO4.C15H14ClNO3.C5H9Cl2N3O2/c17-11-5-3-6-12(18)16(11)19-13-7-2-1-4-10(13)8-15(22)23-9-14(20)21;1-9-7-12(8-13(18)19)17(2)14(9)15(20)10-3-5-11(16)6-4-10;6-1-3-8-5(11)10(9-12)4-2-7/h1-7,19H,8-9H2,(H,20,21);3-7H,8H2,1-2H3,(H,18,19);1-4H2,(H,8,11). The molecule has 0 aliphatic rings. The Kier molecular flexibility index (Phi) is 20.1. The zero-order valence-electron chi connectivity index (χ0n) is 29.4. The molecular weight excluding hydrogens is 824 g/mol. The van der Waals surface area contributed by atoms with Crippen molar-refractivity contribution in [3.05, 3.63) is 121 Å². The average molecular weight is 860 g/mol. The molecule has 4 aromatic rings. The number of anilines is 2. The van der Waals surface area contributed by atoms with Crippen molar-refractivity contribution >= 4 is 99.1 Å². The number of esters is 1. The predicted octanol–water partition coefficient (Wildman–Crippen LogP) is 7.91. The summed E-state index contributed by atoms with van der Waals surface area (Å²) in [4.78, 5) is 66.4. The summed E-state index contributed by atoms with van der Waals surface area (Å²) in [6, 6.07) is 20.0. The van der Waals surface area contributed by atoms with Crippen molar-refractivity contribution in [2.75, 3.05) is 36.8 Å². The number of para-hydroxylation sites is 2. The number of nitrogens with one attached hydrogen (secondary N) is 2. The SMILES string of the molecule is Cc1cc(CC(=O)O)n(C)c1C(=O)c1ccc(Cl)cc1.O=C(O)COC(=O)Cc1ccccc1Nc1c(Cl)cccc1Cl.O=NN(CCCl)C(=O)NCCCl. The maximum Gasteiger partial charge on any atom is 0.341 e. The Morgan fingerprint density at radius 3 is 2.05 bits per heavy atom. The number of hydrogen-bond acceptors (Lipinski definition) is 9. The van der Waals surface area contributed by atoms with Gasteiger partial charge >= 0.3 is 23.9 Å². The molecule has 0 bridgehead atoms. The number of carboxylic acids is 2. The Morgan fingerprint density at radius 2 is 1.49 bits per heavy atom. The van der Waals surface area contributed by atoms with Crippen molar-refractivity contribution in [1.29, 1.82) is 0 Å². The number of nitrogens with zero attached hydrogens (tertiary/aromatic N) is 3. The summed E-state index contributed by atoms with van der Waals surface area (Å²) < 4.78 is 6.28. The molecule has 19 heteroatoms. The summed E-state index contributed by atoms with van der Waals surface area (Å²) in [7, 11) is 1.70. The third kappa shape index (κ3) is 15.4. The highest BCUT2D eigenvalue weighted by Gasteiger charge is 2.19. The molecule has 0 radical (unpaired) electrons. The molecule has 14 nitrogen and oxygen atoms in total. The van der Waals surface area contributed by atoms with Crippen LogP contribution in [0.5, 0.6) is 0 Å². The molecule has 294 valence electrons. The van der Waals surface area contributed by atoms with E-state index in [0.717, 1.165) is 5.56 Å². The van der Waals surface area contributed by atoms with Crippen LogP contribution in [-0.2, 0) is 39.0 Å². The lowest BCUT2D eigenvalue weighted by molar-refractivity contribution is -0.154. The number of ketones is 1. The van der Waals surface area contributed by atoms with E-state index in [0.29, 0.717) is 66.4 Å². The average Bonchev–Trinajstić information content (AvgIpc) is 3.42. The lowest BCUT2D eigenvalue weighted by Crippen LogP contribution is -2.38. The second-order valence-electron chi connectivity index (χ2n) is 11.1. The number of aliphatic carboxylic acids is 2. The van der Waals surface area contributed by atoms with Gasteiger partial charge in [-0.1, -0.05) is 59.1 Å².